The Bertz CT molecular complexity index is 1470. The fraction of sp³-hybridized carbons (Fsp3) is 0.219. The van der Waals surface area contributed by atoms with Crippen LogP contribution in [0.5, 0.6) is 23.0 Å². The molecule has 5 nitrogen and oxygen atoms in total. The van der Waals surface area contributed by atoms with Crippen molar-refractivity contribution in [3.8, 4) is 23.0 Å². The summed E-state index contributed by atoms with van der Waals surface area (Å²) >= 11 is 1.81. The summed E-state index contributed by atoms with van der Waals surface area (Å²) in [4.78, 5) is 6.42. The number of rotatable bonds is 6. The minimum atomic E-state index is -0.241. The van der Waals surface area contributed by atoms with E-state index in [1.165, 1.54) is 5.56 Å². The monoisotopic (exact) mass is 523 g/mol. The first-order valence-corrected chi connectivity index (χ1v) is 13.6. The maximum absolute atomic E-state index is 6.79. The number of benzene rings is 4. The lowest BCUT2D eigenvalue weighted by Crippen LogP contribution is -2.35. The molecule has 0 bridgehead atoms. The highest BCUT2D eigenvalue weighted by molar-refractivity contribution is 7.99. The normalized spacial score (nSPS) is 19.6. The zero-order valence-corrected chi connectivity index (χ0v) is 22.4. The quantitative estimate of drug-likeness (QED) is 0.258. The average Bonchev–Trinajstić information content (AvgIpc) is 3.14. The van der Waals surface area contributed by atoms with Crippen molar-refractivity contribution in [2.24, 2.45) is 10.9 Å². The van der Waals surface area contributed by atoms with E-state index in [0.717, 1.165) is 50.4 Å². The smallest absolute Gasteiger partial charge is 0.134 e. The topological polar surface area (TPSA) is 49.3 Å². The number of para-hydroxylation sites is 1. The lowest BCUT2D eigenvalue weighted by atomic mass is 9.80. The summed E-state index contributed by atoms with van der Waals surface area (Å²) in [7, 11) is 3.37. The second kappa shape index (κ2) is 10.5. The van der Waals surface area contributed by atoms with Gasteiger partial charge in [0.25, 0.3) is 0 Å². The van der Waals surface area contributed by atoms with E-state index in [4.69, 9.17) is 23.9 Å². The maximum Gasteiger partial charge on any atom is 0.134 e. The third-order valence-electron chi connectivity index (χ3n) is 7.01. The number of hydrogen-bond donors (Lipinski definition) is 0. The molecule has 38 heavy (non-hydrogen) atoms. The summed E-state index contributed by atoms with van der Waals surface area (Å²) in [6, 6.07) is 30.9. The third-order valence-corrected chi connectivity index (χ3v) is 8.41. The van der Waals surface area contributed by atoms with Crippen LogP contribution in [0.3, 0.4) is 0 Å². The van der Waals surface area contributed by atoms with E-state index in [1.807, 2.05) is 61.2 Å². The first-order chi connectivity index (χ1) is 18.7. The standard InChI is InChI=1S/C32H29NO4S/c1-4-36-24-17-18-26-28(19-24)38-32(21-11-15-23(35-3)16-12-21)29-30(33-26)25-7-5-6-8-27(25)37-31(29)20-9-13-22(34-2)14-10-20/h5-19,29,31-32H,4H2,1-3H3. The fourth-order valence-electron chi connectivity index (χ4n) is 5.17. The molecule has 2 heterocycles. The number of methoxy groups -OCH3 is 2. The van der Waals surface area contributed by atoms with Crippen LogP contribution in [-0.2, 0) is 0 Å². The summed E-state index contributed by atoms with van der Waals surface area (Å²) in [5, 5.41) is 0.0261. The Labute approximate surface area is 227 Å². The zero-order valence-electron chi connectivity index (χ0n) is 21.6. The Hall–Kier alpha value is -3.90. The zero-order chi connectivity index (χ0) is 26.1. The molecule has 4 aromatic carbocycles. The SMILES string of the molecule is CCOc1ccc2c(c1)SC(c1ccc(OC)cc1)C1C(=N2)c2ccccc2OC1c1ccc(OC)cc1. The maximum atomic E-state index is 6.79. The molecule has 0 aliphatic carbocycles. The van der Waals surface area contributed by atoms with E-state index >= 15 is 0 Å². The van der Waals surface area contributed by atoms with Gasteiger partial charge >= 0.3 is 0 Å². The van der Waals surface area contributed by atoms with Gasteiger partial charge in [0.05, 0.1) is 38.1 Å². The summed E-state index contributed by atoms with van der Waals surface area (Å²) in [5.41, 5.74) is 5.27. The van der Waals surface area contributed by atoms with Gasteiger partial charge in [-0.1, -0.05) is 36.4 Å². The van der Waals surface area contributed by atoms with Crippen LogP contribution < -0.4 is 18.9 Å². The van der Waals surface area contributed by atoms with Crippen molar-refractivity contribution in [2.45, 2.75) is 23.2 Å². The van der Waals surface area contributed by atoms with E-state index in [2.05, 4.69) is 48.5 Å². The van der Waals surface area contributed by atoms with Crippen molar-refractivity contribution in [1.29, 1.82) is 0 Å². The number of aliphatic imine (C=N–C) groups is 1. The van der Waals surface area contributed by atoms with Gasteiger partial charge in [0, 0.05) is 15.7 Å². The van der Waals surface area contributed by atoms with Crippen molar-refractivity contribution in [1.82, 2.24) is 0 Å². The molecule has 3 atom stereocenters. The van der Waals surface area contributed by atoms with Gasteiger partial charge in [-0.2, -0.15) is 0 Å². The van der Waals surface area contributed by atoms with Crippen molar-refractivity contribution in [2.75, 3.05) is 20.8 Å². The second-order valence-corrected chi connectivity index (χ2v) is 10.4. The van der Waals surface area contributed by atoms with E-state index in [1.54, 1.807) is 14.2 Å². The Morgan fingerprint density at radius 3 is 2.13 bits per heavy atom. The molecule has 192 valence electrons. The molecule has 2 aliphatic rings. The molecule has 6 rings (SSSR count). The Kier molecular flexibility index (Phi) is 6.73. The first-order valence-electron chi connectivity index (χ1n) is 12.7. The summed E-state index contributed by atoms with van der Waals surface area (Å²) < 4.78 is 23.5. The highest BCUT2D eigenvalue weighted by Gasteiger charge is 2.44. The molecular formula is C32H29NO4S. The van der Waals surface area contributed by atoms with Gasteiger partial charge in [-0.25, -0.2) is 0 Å². The number of thioether (sulfide) groups is 1. The van der Waals surface area contributed by atoms with Crippen LogP contribution in [0, 0.1) is 5.92 Å². The van der Waals surface area contributed by atoms with Crippen LogP contribution in [-0.4, -0.2) is 26.5 Å². The van der Waals surface area contributed by atoms with Gasteiger partial charge in [0.1, 0.15) is 29.1 Å². The lowest BCUT2D eigenvalue weighted by molar-refractivity contribution is 0.156. The van der Waals surface area contributed by atoms with E-state index in [0.29, 0.717) is 6.61 Å². The molecule has 0 saturated heterocycles. The van der Waals surface area contributed by atoms with Crippen molar-refractivity contribution in [3.05, 3.63) is 108 Å². The summed E-state index contributed by atoms with van der Waals surface area (Å²) in [6.07, 6.45) is -0.241. The third kappa shape index (κ3) is 4.50. The molecule has 0 fully saturated rings. The Morgan fingerprint density at radius 2 is 1.45 bits per heavy atom. The van der Waals surface area contributed by atoms with Crippen LogP contribution >= 0.6 is 11.8 Å². The molecule has 0 amide bonds. The number of hydrogen-bond acceptors (Lipinski definition) is 6. The van der Waals surface area contributed by atoms with Crippen LogP contribution in [0.15, 0.2) is 101 Å². The van der Waals surface area contributed by atoms with Crippen LogP contribution in [0.2, 0.25) is 0 Å². The molecule has 0 aromatic heterocycles. The molecule has 0 N–H and O–H groups in total. The largest absolute Gasteiger partial charge is 0.497 e. The Morgan fingerprint density at radius 1 is 0.789 bits per heavy atom. The molecule has 0 radical (unpaired) electrons. The average molecular weight is 524 g/mol. The molecule has 2 aliphatic heterocycles. The van der Waals surface area contributed by atoms with Gasteiger partial charge in [-0.15, -0.1) is 11.8 Å². The predicted molar refractivity (Wildman–Crippen MR) is 152 cm³/mol. The first kappa shape index (κ1) is 24.4. The molecule has 4 aromatic rings. The minimum absolute atomic E-state index is 0.0261. The number of nitrogens with zero attached hydrogens (tertiary/aromatic N) is 1. The van der Waals surface area contributed by atoms with Crippen LogP contribution in [0.25, 0.3) is 0 Å². The molecule has 3 unspecified atom stereocenters. The molecular weight excluding hydrogens is 494 g/mol. The van der Waals surface area contributed by atoms with Gasteiger partial charge in [0.15, 0.2) is 0 Å². The van der Waals surface area contributed by atoms with E-state index < -0.39 is 0 Å². The molecule has 0 spiro atoms. The van der Waals surface area contributed by atoms with E-state index in [-0.39, 0.29) is 17.3 Å². The lowest BCUT2D eigenvalue weighted by Gasteiger charge is -2.38. The second-order valence-electron chi connectivity index (χ2n) is 9.20. The van der Waals surface area contributed by atoms with Crippen LogP contribution in [0.1, 0.15) is 35.0 Å². The van der Waals surface area contributed by atoms with Crippen LogP contribution in [0.4, 0.5) is 5.69 Å². The fourth-order valence-corrected chi connectivity index (χ4v) is 6.57. The van der Waals surface area contributed by atoms with Crippen molar-refractivity contribution >= 4 is 23.2 Å². The Balaban J connectivity index is 1.56. The molecule has 6 heteroatoms. The summed E-state index contributed by atoms with van der Waals surface area (Å²) in [6.45, 7) is 2.62. The highest BCUT2D eigenvalue weighted by atomic mass is 32.2. The number of fused-ring (bicyclic) bond motifs is 4. The van der Waals surface area contributed by atoms with Gasteiger partial charge in [0.2, 0.25) is 0 Å². The van der Waals surface area contributed by atoms with Gasteiger partial charge in [-0.05, 0) is 72.6 Å². The van der Waals surface area contributed by atoms with Gasteiger partial charge in [-0.3, -0.25) is 4.99 Å². The predicted octanol–water partition coefficient (Wildman–Crippen LogP) is 7.82. The van der Waals surface area contributed by atoms with Crippen molar-refractivity contribution < 1.29 is 18.9 Å². The highest BCUT2D eigenvalue weighted by Crippen LogP contribution is 2.55. The minimum Gasteiger partial charge on any atom is -0.497 e. The number of ether oxygens (including phenoxy) is 4. The van der Waals surface area contributed by atoms with Gasteiger partial charge < -0.3 is 18.9 Å². The van der Waals surface area contributed by atoms with E-state index in [9.17, 15) is 0 Å². The molecule has 0 saturated carbocycles. The summed E-state index contributed by atoms with van der Waals surface area (Å²) in [5.74, 6) is 3.28. The van der Waals surface area contributed by atoms with Crippen molar-refractivity contribution in [3.63, 3.8) is 0 Å².